The van der Waals surface area contributed by atoms with Gasteiger partial charge < -0.3 is 15.1 Å². The molecule has 0 spiro atoms. The molecule has 1 heterocycles. The standard InChI is InChI=1S/C20H31FN4O2/c1-4-23(5-2)12-8-9-16(3)22-19(26)15-24-13-14-25(20(24)27)18-11-7-6-10-17(18)21/h6-7,10-11,16H,4-5,8-9,12-15H2,1-3H3,(H,22,26). The van der Waals surface area contributed by atoms with Gasteiger partial charge in [0.05, 0.1) is 5.69 Å². The van der Waals surface area contributed by atoms with Crippen molar-refractivity contribution in [2.75, 3.05) is 44.2 Å². The molecule has 0 bridgehead atoms. The summed E-state index contributed by atoms with van der Waals surface area (Å²) in [5.41, 5.74) is 0.259. The van der Waals surface area contributed by atoms with Gasteiger partial charge >= 0.3 is 6.03 Å². The summed E-state index contributed by atoms with van der Waals surface area (Å²) in [4.78, 5) is 30.0. The molecule has 0 aliphatic carbocycles. The van der Waals surface area contributed by atoms with Crippen molar-refractivity contribution in [3.8, 4) is 0 Å². The van der Waals surface area contributed by atoms with Crippen molar-refractivity contribution in [2.24, 2.45) is 0 Å². The summed E-state index contributed by atoms with van der Waals surface area (Å²) in [6, 6.07) is 5.93. The molecule has 3 amide bonds. The van der Waals surface area contributed by atoms with Gasteiger partial charge in [-0.05, 0) is 51.5 Å². The number of nitrogens with zero attached hydrogens (tertiary/aromatic N) is 3. The van der Waals surface area contributed by atoms with E-state index in [2.05, 4.69) is 24.1 Å². The molecule has 2 rings (SSSR count). The summed E-state index contributed by atoms with van der Waals surface area (Å²) < 4.78 is 13.9. The summed E-state index contributed by atoms with van der Waals surface area (Å²) in [6.07, 6.45) is 1.92. The maximum atomic E-state index is 13.9. The van der Waals surface area contributed by atoms with Gasteiger partial charge in [-0.25, -0.2) is 9.18 Å². The molecule has 0 aromatic heterocycles. The van der Waals surface area contributed by atoms with E-state index in [0.717, 1.165) is 32.5 Å². The first-order chi connectivity index (χ1) is 13.0. The molecule has 1 aliphatic heterocycles. The van der Waals surface area contributed by atoms with Crippen LogP contribution in [0.3, 0.4) is 0 Å². The summed E-state index contributed by atoms with van der Waals surface area (Å²) >= 11 is 0. The number of hydrogen-bond donors (Lipinski definition) is 1. The number of rotatable bonds is 10. The summed E-state index contributed by atoms with van der Waals surface area (Å²) in [6.45, 7) is 10.2. The van der Waals surface area contributed by atoms with E-state index in [-0.39, 0.29) is 30.2 Å². The Labute approximate surface area is 161 Å². The van der Waals surface area contributed by atoms with Gasteiger partial charge in [0.25, 0.3) is 0 Å². The lowest BCUT2D eigenvalue weighted by molar-refractivity contribution is -0.122. The highest BCUT2D eigenvalue weighted by Crippen LogP contribution is 2.23. The molecule has 1 aromatic carbocycles. The molecule has 1 aliphatic rings. The smallest absolute Gasteiger partial charge is 0.325 e. The third-order valence-corrected chi connectivity index (χ3v) is 4.99. The average molecular weight is 378 g/mol. The van der Waals surface area contributed by atoms with Gasteiger partial charge in [-0.3, -0.25) is 9.69 Å². The van der Waals surface area contributed by atoms with Crippen molar-refractivity contribution in [3.63, 3.8) is 0 Å². The first-order valence-corrected chi connectivity index (χ1v) is 9.78. The summed E-state index contributed by atoms with van der Waals surface area (Å²) in [5.74, 6) is -0.604. The first-order valence-electron chi connectivity index (χ1n) is 9.78. The lowest BCUT2D eigenvalue weighted by Crippen LogP contribution is -2.43. The SMILES string of the molecule is CCN(CC)CCCC(C)NC(=O)CN1CCN(c2ccccc2F)C1=O. The number of anilines is 1. The predicted molar refractivity (Wildman–Crippen MR) is 105 cm³/mol. The van der Waals surface area contributed by atoms with E-state index in [1.54, 1.807) is 18.2 Å². The van der Waals surface area contributed by atoms with E-state index >= 15 is 0 Å². The number of benzene rings is 1. The van der Waals surface area contributed by atoms with Gasteiger partial charge in [-0.15, -0.1) is 0 Å². The van der Waals surface area contributed by atoms with Crippen LogP contribution < -0.4 is 10.2 Å². The molecule has 150 valence electrons. The molecule has 1 N–H and O–H groups in total. The van der Waals surface area contributed by atoms with Crippen molar-refractivity contribution in [3.05, 3.63) is 30.1 Å². The van der Waals surface area contributed by atoms with E-state index in [4.69, 9.17) is 0 Å². The highest BCUT2D eigenvalue weighted by Gasteiger charge is 2.32. The lowest BCUT2D eigenvalue weighted by Gasteiger charge is -2.21. The first kappa shape index (κ1) is 21.2. The van der Waals surface area contributed by atoms with Crippen LogP contribution in [-0.2, 0) is 4.79 Å². The third-order valence-electron chi connectivity index (χ3n) is 4.99. The number of hydrogen-bond acceptors (Lipinski definition) is 3. The van der Waals surface area contributed by atoms with Crippen molar-refractivity contribution in [1.29, 1.82) is 0 Å². The van der Waals surface area contributed by atoms with Crippen LogP contribution in [0.15, 0.2) is 24.3 Å². The molecule has 6 nitrogen and oxygen atoms in total. The second-order valence-electron chi connectivity index (χ2n) is 6.94. The van der Waals surface area contributed by atoms with Crippen LogP contribution in [0.25, 0.3) is 0 Å². The van der Waals surface area contributed by atoms with E-state index in [1.165, 1.54) is 15.9 Å². The fraction of sp³-hybridized carbons (Fsp3) is 0.600. The Morgan fingerprint density at radius 3 is 2.63 bits per heavy atom. The Bertz CT molecular complexity index is 636. The zero-order valence-corrected chi connectivity index (χ0v) is 16.6. The summed E-state index contributed by atoms with van der Waals surface area (Å²) in [7, 11) is 0. The summed E-state index contributed by atoms with van der Waals surface area (Å²) in [5, 5.41) is 2.96. The molecule has 0 saturated carbocycles. The number of nitrogens with one attached hydrogen (secondary N) is 1. The monoisotopic (exact) mass is 378 g/mol. The number of urea groups is 1. The Morgan fingerprint density at radius 2 is 1.96 bits per heavy atom. The van der Waals surface area contributed by atoms with Crippen LogP contribution in [0.4, 0.5) is 14.9 Å². The van der Waals surface area contributed by atoms with Gasteiger partial charge in [0.2, 0.25) is 5.91 Å². The molecule has 1 aromatic rings. The van der Waals surface area contributed by atoms with Crippen molar-refractivity contribution in [2.45, 2.75) is 39.7 Å². The molecular formula is C20H31FN4O2. The number of halogens is 1. The minimum Gasteiger partial charge on any atom is -0.352 e. The van der Waals surface area contributed by atoms with E-state index < -0.39 is 5.82 Å². The van der Waals surface area contributed by atoms with Gasteiger partial charge in [0.1, 0.15) is 12.4 Å². The zero-order chi connectivity index (χ0) is 19.8. The quantitative estimate of drug-likeness (QED) is 0.681. The molecule has 27 heavy (non-hydrogen) atoms. The minimum absolute atomic E-state index is 0.00414. The molecular weight excluding hydrogens is 347 g/mol. The molecule has 1 saturated heterocycles. The van der Waals surface area contributed by atoms with Crippen LogP contribution in [-0.4, -0.2) is 67.0 Å². The molecule has 0 radical (unpaired) electrons. The largest absolute Gasteiger partial charge is 0.352 e. The van der Waals surface area contributed by atoms with E-state index in [0.29, 0.717) is 13.1 Å². The topological polar surface area (TPSA) is 55.9 Å². The van der Waals surface area contributed by atoms with Crippen LogP contribution in [0.1, 0.15) is 33.6 Å². The maximum Gasteiger partial charge on any atom is 0.325 e. The Morgan fingerprint density at radius 1 is 1.26 bits per heavy atom. The second kappa shape index (κ2) is 10.3. The highest BCUT2D eigenvalue weighted by atomic mass is 19.1. The van der Waals surface area contributed by atoms with Crippen molar-refractivity contribution in [1.82, 2.24) is 15.1 Å². The van der Waals surface area contributed by atoms with Gasteiger partial charge in [-0.1, -0.05) is 26.0 Å². The van der Waals surface area contributed by atoms with Crippen LogP contribution in [0.5, 0.6) is 0 Å². The van der Waals surface area contributed by atoms with Crippen molar-refractivity contribution < 1.29 is 14.0 Å². The minimum atomic E-state index is -0.432. The number of carbonyl (C=O) groups is 2. The van der Waals surface area contributed by atoms with E-state index in [9.17, 15) is 14.0 Å². The Hall–Kier alpha value is -2.15. The van der Waals surface area contributed by atoms with Crippen LogP contribution in [0.2, 0.25) is 0 Å². The number of amides is 3. The Kier molecular flexibility index (Phi) is 8.03. The van der Waals surface area contributed by atoms with Gasteiger partial charge in [0.15, 0.2) is 0 Å². The fourth-order valence-electron chi connectivity index (χ4n) is 3.35. The van der Waals surface area contributed by atoms with Crippen LogP contribution in [0, 0.1) is 5.82 Å². The number of carbonyl (C=O) groups excluding carboxylic acids is 2. The average Bonchev–Trinajstić information content (AvgIpc) is 2.99. The zero-order valence-electron chi connectivity index (χ0n) is 16.6. The van der Waals surface area contributed by atoms with Crippen LogP contribution >= 0.6 is 0 Å². The third kappa shape index (κ3) is 5.92. The molecule has 7 heteroatoms. The Balaban J connectivity index is 1.77. The normalized spacial score (nSPS) is 15.5. The molecule has 1 unspecified atom stereocenters. The molecule has 1 fully saturated rings. The van der Waals surface area contributed by atoms with Crippen molar-refractivity contribution >= 4 is 17.6 Å². The maximum absolute atomic E-state index is 13.9. The second-order valence-corrected chi connectivity index (χ2v) is 6.94. The highest BCUT2D eigenvalue weighted by molar-refractivity contribution is 5.96. The lowest BCUT2D eigenvalue weighted by atomic mass is 10.1. The fourth-order valence-corrected chi connectivity index (χ4v) is 3.35. The number of para-hydroxylation sites is 1. The van der Waals surface area contributed by atoms with E-state index in [1.807, 2.05) is 6.92 Å². The molecule has 1 atom stereocenters. The van der Waals surface area contributed by atoms with Gasteiger partial charge in [-0.2, -0.15) is 0 Å². The van der Waals surface area contributed by atoms with Gasteiger partial charge in [0, 0.05) is 19.1 Å². The predicted octanol–water partition coefficient (Wildman–Crippen LogP) is 2.69.